The van der Waals surface area contributed by atoms with Gasteiger partial charge in [0.05, 0.1) is 0 Å². The van der Waals surface area contributed by atoms with Crippen molar-refractivity contribution < 1.29 is 0 Å². The lowest BCUT2D eigenvalue weighted by Crippen LogP contribution is -1.82. The summed E-state index contributed by atoms with van der Waals surface area (Å²) in [6, 6.07) is 1.22. The fraction of sp³-hybridized carbons (Fsp3) is 0.667. The van der Waals surface area contributed by atoms with Gasteiger partial charge < -0.3 is 0 Å². The molecule has 0 aliphatic rings. The predicted octanol–water partition coefficient (Wildman–Crippen LogP) is 0.417. The van der Waals surface area contributed by atoms with Crippen molar-refractivity contribution in [3.05, 3.63) is 6.92 Å². The summed E-state index contributed by atoms with van der Waals surface area (Å²) in [5.74, 6) is 0. The molecule has 26 valence electrons. The molecular formula is C3H6Si2. The van der Waals surface area contributed by atoms with E-state index in [0.29, 0.717) is 0 Å². The van der Waals surface area contributed by atoms with Crippen LogP contribution in [0.5, 0.6) is 0 Å². The van der Waals surface area contributed by atoms with Crippen LogP contribution in [-0.4, -0.2) is 18.8 Å². The van der Waals surface area contributed by atoms with Gasteiger partial charge in [-0.05, 0) is 0 Å². The molecule has 0 aromatic rings. The number of hydrogen-bond acceptors (Lipinski definition) is 0. The minimum Gasteiger partial charge on any atom is -0.0640 e. The van der Waals surface area contributed by atoms with Gasteiger partial charge in [-0.1, -0.05) is 19.4 Å². The molecule has 0 amide bonds. The maximum Gasteiger partial charge on any atom is 0.0180 e. The van der Waals surface area contributed by atoms with E-state index >= 15 is 0 Å². The average Bonchev–Trinajstić information content (AvgIpc) is 1.41. The highest BCUT2D eigenvalue weighted by Crippen LogP contribution is 1.77. The predicted molar refractivity (Wildman–Crippen MR) is 26.3 cm³/mol. The van der Waals surface area contributed by atoms with Gasteiger partial charge in [0.25, 0.3) is 0 Å². The van der Waals surface area contributed by atoms with Crippen LogP contribution in [0.25, 0.3) is 0 Å². The summed E-state index contributed by atoms with van der Waals surface area (Å²) in [4.78, 5) is 0. The lowest BCUT2D eigenvalue weighted by atomic mass is 10.6. The summed E-state index contributed by atoms with van der Waals surface area (Å²) in [5.41, 5.74) is 0. The van der Waals surface area contributed by atoms with Gasteiger partial charge in [-0.25, -0.2) is 0 Å². The molecule has 0 heterocycles. The molecule has 2 heteroatoms. The Morgan fingerprint density at radius 3 is 2.40 bits per heavy atom. The van der Waals surface area contributed by atoms with Crippen molar-refractivity contribution in [2.45, 2.75) is 12.5 Å². The molecule has 5 heavy (non-hydrogen) atoms. The van der Waals surface area contributed by atoms with Crippen molar-refractivity contribution in [3.63, 3.8) is 0 Å². The Morgan fingerprint density at radius 2 is 2.40 bits per heavy atom. The molecule has 0 rings (SSSR count). The second kappa shape index (κ2) is 4.43. The first-order valence-corrected chi connectivity index (χ1v) is 4.31. The smallest absolute Gasteiger partial charge is 0.0180 e. The monoisotopic (exact) mass is 98.0 g/mol. The first kappa shape index (κ1) is 5.43. The lowest BCUT2D eigenvalue weighted by molar-refractivity contribution is 1.21. The molecule has 0 saturated carbocycles. The third-order valence-electron chi connectivity index (χ3n) is 0.302. The number of hydrogen-bond donors (Lipinski definition) is 0. The quantitative estimate of drug-likeness (QED) is 0.439. The molecule has 6 radical (unpaired) electrons. The van der Waals surface area contributed by atoms with Crippen molar-refractivity contribution in [1.82, 2.24) is 0 Å². The molecule has 0 aliphatic heterocycles. The van der Waals surface area contributed by atoms with Crippen LogP contribution >= 0.6 is 0 Å². The molecule has 0 N–H and O–H groups in total. The molecule has 0 spiro atoms. The SMILES string of the molecule is [CH2]CC[Si][Si]. The van der Waals surface area contributed by atoms with Crippen LogP contribution < -0.4 is 0 Å². The first-order valence-electron chi connectivity index (χ1n) is 1.60. The third-order valence-corrected chi connectivity index (χ3v) is 1.66. The summed E-state index contributed by atoms with van der Waals surface area (Å²) in [6.07, 6.45) is 1.06. The summed E-state index contributed by atoms with van der Waals surface area (Å²) in [7, 11) is 4.24. The highest BCUT2D eigenvalue weighted by molar-refractivity contribution is 6.89. The Morgan fingerprint density at radius 1 is 1.80 bits per heavy atom. The van der Waals surface area contributed by atoms with Crippen LogP contribution in [0.2, 0.25) is 6.04 Å². The van der Waals surface area contributed by atoms with Crippen LogP contribution in [0.4, 0.5) is 0 Å². The zero-order valence-corrected chi connectivity index (χ0v) is 5.12. The zero-order valence-electron chi connectivity index (χ0n) is 3.12. The van der Waals surface area contributed by atoms with Crippen LogP contribution in [0.1, 0.15) is 6.42 Å². The topological polar surface area (TPSA) is 0 Å². The minimum absolute atomic E-state index is 0.901. The molecule has 0 bridgehead atoms. The van der Waals surface area contributed by atoms with Crippen molar-refractivity contribution in [1.29, 1.82) is 0 Å². The van der Waals surface area contributed by atoms with E-state index < -0.39 is 0 Å². The van der Waals surface area contributed by atoms with Crippen LogP contribution in [0.3, 0.4) is 0 Å². The van der Waals surface area contributed by atoms with E-state index in [-0.39, 0.29) is 0 Å². The molecule has 0 saturated heterocycles. The number of rotatable bonds is 2. The van der Waals surface area contributed by atoms with Gasteiger partial charge in [0.15, 0.2) is 0 Å². The molecule has 0 aliphatic carbocycles. The summed E-state index contributed by atoms with van der Waals surface area (Å²) in [6.45, 7) is 3.65. The third kappa shape index (κ3) is 4.43. The van der Waals surface area contributed by atoms with Gasteiger partial charge in [-0.15, -0.1) is 0 Å². The van der Waals surface area contributed by atoms with E-state index in [2.05, 4.69) is 16.7 Å². The maximum absolute atomic E-state index is 3.65. The Kier molecular flexibility index (Phi) is 4.82. The van der Waals surface area contributed by atoms with E-state index in [1.54, 1.807) is 0 Å². The van der Waals surface area contributed by atoms with E-state index in [4.69, 9.17) is 0 Å². The molecule has 0 fully saturated rings. The first-order chi connectivity index (χ1) is 2.41. The van der Waals surface area contributed by atoms with Crippen LogP contribution in [0.15, 0.2) is 0 Å². The van der Waals surface area contributed by atoms with Gasteiger partial charge in [-0.3, -0.25) is 0 Å². The van der Waals surface area contributed by atoms with E-state index in [0.717, 1.165) is 15.5 Å². The normalized spacial score (nSPS) is 8.40. The van der Waals surface area contributed by atoms with Gasteiger partial charge >= 0.3 is 0 Å². The molecule has 0 atom stereocenters. The molecule has 0 unspecified atom stereocenters. The fourth-order valence-corrected chi connectivity index (χ4v) is 0.795. The molecule has 0 aromatic carbocycles. The van der Waals surface area contributed by atoms with Gasteiger partial charge in [0.2, 0.25) is 0 Å². The second-order valence-corrected chi connectivity index (χ2v) is 2.69. The van der Waals surface area contributed by atoms with Crippen LogP contribution in [-0.2, 0) is 0 Å². The molecule has 0 nitrogen and oxygen atoms in total. The van der Waals surface area contributed by atoms with Gasteiger partial charge in [0, 0.05) is 18.8 Å². The Hall–Kier alpha value is 0.434. The van der Waals surface area contributed by atoms with Crippen molar-refractivity contribution in [2.75, 3.05) is 0 Å². The van der Waals surface area contributed by atoms with Crippen molar-refractivity contribution in [2.24, 2.45) is 0 Å². The average molecular weight is 98.3 g/mol. The van der Waals surface area contributed by atoms with Crippen molar-refractivity contribution >= 4 is 18.8 Å². The Labute approximate surface area is 39.0 Å². The summed E-state index contributed by atoms with van der Waals surface area (Å²) in [5, 5.41) is 0. The maximum atomic E-state index is 3.65. The zero-order chi connectivity index (χ0) is 4.12. The fourth-order valence-electron chi connectivity index (χ4n) is 0.0884. The molecular weight excluding hydrogens is 92.2 g/mol. The standard InChI is InChI=1S/C3H6Si2/c1-2-3-5-4/h1-3H2. The van der Waals surface area contributed by atoms with Crippen molar-refractivity contribution in [3.8, 4) is 0 Å². The van der Waals surface area contributed by atoms with Gasteiger partial charge in [0.1, 0.15) is 0 Å². The highest BCUT2D eigenvalue weighted by Gasteiger charge is 1.70. The minimum atomic E-state index is 0.901. The molecule has 0 aromatic heterocycles. The summed E-state index contributed by atoms with van der Waals surface area (Å²) < 4.78 is 0. The van der Waals surface area contributed by atoms with E-state index in [9.17, 15) is 0 Å². The lowest BCUT2D eigenvalue weighted by Gasteiger charge is -1.77. The van der Waals surface area contributed by atoms with Gasteiger partial charge in [-0.2, -0.15) is 0 Å². The summed E-state index contributed by atoms with van der Waals surface area (Å²) >= 11 is 0. The Balaban J connectivity index is 2.19. The Bertz CT molecular complexity index is 12.4. The van der Waals surface area contributed by atoms with Crippen LogP contribution in [0, 0.1) is 6.92 Å². The van der Waals surface area contributed by atoms with E-state index in [1.165, 1.54) is 6.04 Å². The second-order valence-electron chi connectivity index (χ2n) is 0.780. The largest absolute Gasteiger partial charge is 0.0640 e. The highest BCUT2D eigenvalue weighted by atomic mass is 29.1. The van der Waals surface area contributed by atoms with E-state index in [1.807, 2.05) is 0 Å².